The van der Waals surface area contributed by atoms with Crippen LogP contribution in [0.2, 0.25) is 5.02 Å². The molecule has 5 nitrogen and oxygen atoms in total. The number of rotatable bonds is 6. The maximum atomic E-state index is 14.9. The quantitative estimate of drug-likeness (QED) is 0.249. The van der Waals surface area contributed by atoms with E-state index in [0.717, 1.165) is 35.2 Å². The van der Waals surface area contributed by atoms with Gasteiger partial charge in [0, 0.05) is 22.5 Å². The molecule has 42 heavy (non-hydrogen) atoms. The number of nitrogens with one attached hydrogen (secondary N) is 1. The van der Waals surface area contributed by atoms with Crippen LogP contribution in [0.4, 0.5) is 11.4 Å². The molecule has 3 aliphatic rings. The second kappa shape index (κ2) is 10.1. The van der Waals surface area contributed by atoms with Crippen molar-refractivity contribution in [1.82, 2.24) is 0 Å². The largest absolute Gasteiger partial charge is 0.352 e. The van der Waals surface area contributed by atoms with E-state index in [1.807, 2.05) is 89.8 Å². The Morgan fingerprint density at radius 2 is 1.60 bits per heavy atom. The highest BCUT2D eigenvalue weighted by Gasteiger charge is 2.70. The van der Waals surface area contributed by atoms with Gasteiger partial charge in [0.25, 0.3) is 0 Å². The van der Waals surface area contributed by atoms with Gasteiger partial charge in [-0.3, -0.25) is 14.4 Å². The lowest BCUT2D eigenvalue weighted by molar-refractivity contribution is -0.121. The second-order valence-electron chi connectivity index (χ2n) is 11.2. The van der Waals surface area contributed by atoms with Crippen LogP contribution in [0.3, 0.4) is 0 Å². The summed E-state index contributed by atoms with van der Waals surface area (Å²) in [4.78, 5) is 46.1. The molecule has 0 unspecified atom stereocenters. The Bertz CT molecular complexity index is 1780. The minimum absolute atomic E-state index is 0.240. The number of amides is 1. The van der Waals surface area contributed by atoms with Gasteiger partial charge in [-0.05, 0) is 47.4 Å². The number of carbonyl (C=O) groups excluding carboxylic acids is 3. The van der Waals surface area contributed by atoms with Crippen molar-refractivity contribution in [2.75, 3.05) is 10.2 Å². The van der Waals surface area contributed by atoms with Crippen LogP contribution in [0.25, 0.3) is 6.08 Å². The minimum Gasteiger partial charge on any atom is -0.352 e. The third kappa shape index (κ3) is 3.73. The number of halogens is 1. The molecule has 4 aromatic rings. The standard InChI is InChI=1S/C36H29ClN2O3/c1-2-9-22-16-18-24(19-17-22)33(40)31-32(34(41)25-11-4-6-13-27(25)37)39-29-15-8-3-10-23(29)20-21-30(39)36(31)26-12-5-7-14-28(26)38-35(36)42/h3-8,10-21,30-32H,2,9H2,1H3,(H,38,42)/t30-,31-,32+,36+/m0/s1. The number of ketones is 2. The van der Waals surface area contributed by atoms with Crippen LogP contribution in [0.5, 0.6) is 0 Å². The fourth-order valence-electron chi connectivity index (χ4n) is 7.24. The van der Waals surface area contributed by atoms with Crippen molar-refractivity contribution in [3.63, 3.8) is 0 Å². The van der Waals surface area contributed by atoms with Crippen LogP contribution < -0.4 is 10.2 Å². The Hall–Kier alpha value is -4.48. The molecule has 0 saturated carbocycles. The second-order valence-corrected chi connectivity index (χ2v) is 11.6. The van der Waals surface area contributed by atoms with Crippen LogP contribution in [0, 0.1) is 5.92 Å². The first-order valence-electron chi connectivity index (χ1n) is 14.3. The summed E-state index contributed by atoms with van der Waals surface area (Å²) >= 11 is 6.61. The lowest BCUT2D eigenvalue weighted by atomic mass is 9.64. The number of para-hydroxylation sites is 2. The fourth-order valence-corrected chi connectivity index (χ4v) is 7.47. The van der Waals surface area contributed by atoms with Gasteiger partial charge in [0.2, 0.25) is 5.91 Å². The van der Waals surface area contributed by atoms with E-state index in [1.54, 1.807) is 24.3 Å². The number of anilines is 2. The Morgan fingerprint density at radius 3 is 2.38 bits per heavy atom. The predicted octanol–water partition coefficient (Wildman–Crippen LogP) is 7.15. The number of Topliss-reactive ketones (excluding diaryl/α,β-unsaturated/α-hetero) is 2. The number of hydrogen-bond acceptors (Lipinski definition) is 4. The molecular weight excluding hydrogens is 544 g/mol. The molecule has 6 heteroatoms. The monoisotopic (exact) mass is 572 g/mol. The lowest BCUT2D eigenvalue weighted by Crippen LogP contribution is -2.51. The summed E-state index contributed by atoms with van der Waals surface area (Å²) in [6.07, 6.45) is 5.87. The number of carbonyl (C=O) groups is 3. The van der Waals surface area contributed by atoms with Gasteiger partial charge in [0.15, 0.2) is 11.6 Å². The Morgan fingerprint density at radius 1 is 0.881 bits per heavy atom. The highest BCUT2D eigenvalue weighted by molar-refractivity contribution is 6.34. The molecule has 7 rings (SSSR count). The van der Waals surface area contributed by atoms with E-state index in [1.165, 1.54) is 0 Å². The molecule has 0 aliphatic carbocycles. The third-order valence-electron chi connectivity index (χ3n) is 9.01. The highest BCUT2D eigenvalue weighted by atomic mass is 35.5. The summed E-state index contributed by atoms with van der Waals surface area (Å²) in [6, 6.07) is 28.3. The molecule has 1 saturated heterocycles. The first kappa shape index (κ1) is 26.4. The highest BCUT2D eigenvalue weighted by Crippen LogP contribution is 2.58. The van der Waals surface area contributed by atoms with E-state index in [4.69, 9.17) is 11.6 Å². The Balaban J connectivity index is 1.51. The molecule has 1 fully saturated rings. The average molecular weight is 573 g/mol. The number of aryl methyl sites for hydroxylation is 1. The van der Waals surface area contributed by atoms with Crippen molar-refractivity contribution >= 4 is 46.5 Å². The van der Waals surface area contributed by atoms with Crippen molar-refractivity contribution in [2.45, 2.75) is 37.3 Å². The van der Waals surface area contributed by atoms with Crippen molar-refractivity contribution in [1.29, 1.82) is 0 Å². The van der Waals surface area contributed by atoms with Crippen molar-refractivity contribution in [2.24, 2.45) is 5.92 Å². The van der Waals surface area contributed by atoms with Crippen LogP contribution in [0.15, 0.2) is 103 Å². The van der Waals surface area contributed by atoms with Crippen molar-refractivity contribution in [3.8, 4) is 0 Å². The van der Waals surface area contributed by atoms with Crippen LogP contribution in [0.1, 0.15) is 50.8 Å². The SMILES string of the molecule is CCCc1ccc(C(=O)[C@@H]2[C@H](C(=O)c3ccccc3Cl)N3c4ccccc4C=C[C@H]3[C@@]23C(=O)Nc2ccccc23)cc1. The molecule has 1 N–H and O–H groups in total. The van der Waals surface area contributed by atoms with Gasteiger partial charge in [-0.1, -0.05) is 110 Å². The topological polar surface area (TPSA) is 66.5 Å². The molecule has 1 spiro atoms. The molecule has 1 amide bonds. The molecule has 208 valence electrons. The summed E-state index contributed by atoms with van der Waals surface area (Å²) < 4.78 is 0. The molecular formula is C36H29ClN2O3. The predicted molar refractivity (Wildman–Crippen MR) is 166 cm³/mol. The maximum Gasteiger partial charge on any atom is 0.238 e. The Kier molecular flexibility index (Phi) is 6.36. The minimum atomic E-state index is -1.35. The number of hydrogen-bond donors (Lipinski definition) is 1. The number of benzene rings is 4. The van der Waals surface area contributed by atoms with Crippen LogP contribution >= 0.6 is 11.6 Å². The van der Waals surface area contributed by atoms with Gasteiger partial charge in [0.1, 0.15) is 11.5 Å². The van der Waals surface area contributed by atoms with Gasteiger partial charge in [-0.15, -0.1) is 0 Å². The van der Waals surface area contributed by atoms with Gasteiger partial charge in [0.05, 0.1) is 17.0 Å². The third-order valence-corrected chi connectivity index (χ3v) is 9.34. The average Bonchev–Trinajstić information content (AvgIpc) is 3.49. The Labute approximate surface area is 249 Å². The number of fused-ring (bicyclic) bond motifs is 6. The number of nitrogens with zero attached hydrogens (tertiary/aromatic N) is 1. The van der Waals surface area contributed by atoms with E-state index >= 15 is 0 Å². The summed E-state index contributed by atoms with van der Waals surface area (Å²) in [5.74, 6) is -1.83. The molecule has 3 aliphatic heterocycles. The molecule has 4 atom stereocenters. The molecule has 0 bridgehead atoms. The molecule has 0 aromatic heterocycles. The fraction of sp³-hybridized carbons (Fsp3) is 0.194. The van der Waals surface area contributed by atoms with Gasteiger partial charge in [-0.25, -0.2) is 0 Å². The smallest absolute Gasteiger partial charge is 0.238 e. The van der Waals surface area contributed by atoms with E-state index in [2.05, 4.69) is 12.2 Å². The van der Waals surface area contributed by atoms with Gasteiger partial charge < -0.3 is 10.2 Å². The summed E-state index contributed by atoms with van der Waals surface area (Å²) in [5, 5.41) is 3.38. The lowest BCUT2D eigenvalue weighted by Gasteiger charge is -2.37. The normalized spacial score (nSPS) is 23.3. The van der Waals surface area contributed by atoms with E-state index in [0.29, 0.717) is 21.8 Å². The molecule has 0 radical (unpaired) electrons. The first-order chi connectivity index (χ1) is 20.5. The molecule has 3 heterocycles. The zero-order valence-corrected chi connectivity index (χ0v) is 23.8. The zero-order chi connectivity index (χ0) is 29.0. The maximum absolute atomic E-state index is 14.9. The summed E-state index contributed by atoms with van der Waals surface area (Å²) in [6.45, 7) is 2.12. The van der Waals surface area contributed by atoms with Gasteiger partial charge >= 0.3 is 0 Å². The van der Waals surface area contributed by atoms with E-state index in [9.17, 15) is 14.4 Å². The van der Waals surface area contributed by atoms with Crippen molar-refractivity contribution < 1.29 is 14.4 Å². The summed E-state index contributed by atoms with van der Waals surface area (Å²) in [7, 11) is 0. The van der Waals surface area contributed by atoms with Crippen LogP contribution in [-0.4, -0.2) is 29.6 Å². The van der Waals surface area contributed by atoms with E-state index in [-0.39, 0.29) is 17.5 Å². The van der Waals surface area contributed by atoms with Crippen molar-refractivity contribution in [3.05, 3.63) is 136 Å². The van der Waals surface area contributed by atoms with Gasteiger partial charge in [-0.2, -0.15) is 0 Å². The van der Waals surface area contributed by atoms with Crippen LogP contribution in [-0.2, 0) is 16.6 Å². The first-order valence-corrected chi connectivity index (χ1v) is 14.7. The molecule has 4 aromatic carbocycles. The summed E-state index contributed by atoms with van der Waals surface area (Å²) in [5.41, 5.74) is 3.71. The zero-order valence-electron chi connectivity index (χ0n) is 23.1. The van der Waals surface area contributed by atoms with E-state index < -0.39 is 23.4 Å².